The van der Waals surface area contributed by atoms with Gasteiger partial charge in [0.25, 0.3) is 0 Å². The van der Waals surface area contributed by atoms with Crippen molar-refractivity contribution >= 4 is 22.2 Å². The summed E-state index contributed by atoms with van der Waals surface area (Å²) in [5, 5.41) is 0. The van der Waals surface area contributed by atoms with Crippen LogP contribution < -0.4 is 5.73 Å². The van der Waals surface area contributed by atoms with Gasteiger partial charge in [-0.25, -0.2) is 8.42 Å². The number of nitrogens with two attached hydrogens (primary N) is 1. The highest BCUT2D eigenvalue weighted by atomic mass is 35.5. The summed E-state index contributed by atoms with van der Waals surface area (Å²) >= 11 is 0. The molecular weight excluding hydrogens is 294 g/mol. The highest BCUT2D eigenvalue weighted by Crippen LogP contribution is 2.23. The Hall–Kier alpha value is -1.36. The molecule has 0 spiro atoms. The number of hydrogen-bond acceptors (Lipinski definition) is 3. The predicted molar refractivity (Wildman–Crippen MR) is 84.9 cm³/mol. The van der Waals surface area contributed by atoms with Crippen LogP contribution in [0.5, 0.6) is 0 Å². The fourth-order valence-electron chi connectivity index (χ4n) is 2.04. The van der Waals surface area contributed by atoms with Crippen LogP contribution in [-0.2, 0) is 16.4 Å². The standard InChI is InChI=1S/C15H17NO2S.ClH/c1-11-7-12(10-16)9-14(8-11)13-3-5-15(6-4-13)19(2,17)18;/h3-9H,10,16H2,1-2H3;1H. The smallest absolute Gasteiger partial charge is 0.175 e. The molecule has 2 rings (SSSR count). The Morgan fingerprint density at radius 2 is 1.60 bits per heavy atom. The molecule has 2 aromatic carbocycles. The summed E-state index contributed by atoms with van der Waals surface area (Å²) in [5.41, 5.74) is 9.93. The molecule has 108 valence electrons. The van der Waals surface area contributed by atoms with Crippen molar-refractivity contribution in [3.05, 3.63) is 53.6 Å². The molecule has 2 N–H and O–H groups in total. The zero-order chi connectivity index (χ0) is 14.0. The summed E-state index contributed by atoms with van der Waals surface area (Å²) in [7, 11) is -3.14. The molecule has 0 bridgehead atoms. The lowest BCUT2D eigenvalue weighted by atomic mass is 10.0. The highest BCUT2D eigenvalue weighted by molar-refractivity contribution is 7.90. The number of aryl methyl sites for hydroxylation is 1. The Kier molecular flexibility index (Phi) is 5.34. The summed E-state index contributed by atoms with van der Waals surface area (Å²) in [6, 6.07) is 13.1. The summed E-state index contributed by atoms with van der Waals surface area (Å²) in [6.45, 7) is 2.52. The quantitative estimate of drug-likeness (QED) is 0.948. The fourth-order valence-corrected chi connectivity index (χ4v) is 2.67. The van der Waals surface area contributed by atoms with E-state index in [1.165, 1.54) is 6.26 Å². The molecule has 0 saturated heterocycles. The molecule has 2 aromatic rings. The van der Waals surface area contributed by atoms with E-state index < -0.39 is 9.84 Å². The molecule has 0 heterocycles. The third kappa shape index (κ3) is 3.82. The van der Waals surface area contributed by atoms with E-state index in [2.05, 4.69) is 6.07 Å². The van der Waals surface area contributed by atoms with Crippen LogP contribution >= 0.6 is 12.4 Å². The van der Waals surface area contributed by atoms with E-state index in [-0.39, 0.29) is 12.4 Å². The Labute approximate surface area is 126 Å². The maximum Gasteiger partial charge on any atom is 0.175 e. The van der Waals surface area contributed by atoms with Gasteiger partial charge in [-0.1, -0.05) is 29.8 Å². The Morgan fingerprint density at radius 3 is 2.10 bits per heavy atom. The van der Waals surface area contributed by atoms with Gasteiger partial charge in [-0.15, -0.1) is 12.4 Å². The summed E-state index contributed by atoms with van der Waals surface area (Å²) in [5.74, 6) is 0. The first-order chi connectivity index (χ1) is 8.90. The molecule has 0 fully saturated rings. The van der Waals surface area contributed by atoms with Crippen molar-refractivity contribution in [2.45, 2.75) is 18.4 Å². The first-order valence-corrected chi connectivity index (χ1v) is 7.90. The molecule has 0 aliphatic rings. The average Bonchev–Trinajstić information content (AvgIpc) is 2.37. The lowest BCUT2D eigenvalue weighted by Crippen LogP contribution is -1.98. The van der Waals surface area contributed by atoms with E-state index in [4.69, 9.17) is 5.73 Å². The van der Waals surface area contributed by atoms with Crippen molar-refractivity contribution in [3.8, 4) is 11.1 Å². The van der Waals surface area contributed by atoms with Gasteiger partial charge in [0, 0.05) is 12.8 Å². The molecule has 0 aliphatic carbocycles. The van der Waals surface area contributed by atoms with Gasteiger partial charge in [0.1, 0.15) is 0 Å². The van der Waals surface area contributed by atoms with Crippen molar-refractivity contribution in [1.29, 1.82) is 0 Å². The van der Waals surface area contributed by atoms with Crippen LogP contribution in [0.1, 0.15) is 11.1 Å². The minimum atomic E-state index is -3.14. The molecule has 0 atom stereocenters. The van der Waals surface area contributed by atoms with Crippen molar-refractivity contribution in [2.75, 3.05) is 6.26 Å². The van der Waals surface area contributed by atoms with Crippen LogP contribution in [0.2, 0.25) is 0 Å². The van der Waals surface area contributed by atoms with Crippen molar-refractivity contribution in [2.24, 2.45) is 5.73 Å². The number of sulfone groups is 1. The topological polar surface area (TPSA) is 60.2 Å². The zero-order valence-corrected chi connectivity index (χ0v) is 13.1. The first-order valence-electron chi connectivity index (χ1n) is 6.01. The van der Waals surface area contributed by atoms with E-state index in [1.54, 1.807) is 12.1 Å². The van der Waals surface area contributed by atoms with Crippen molar-refractivity contribution in [1.82, 2.24) is 0 Å². The minimum absolute atomic E-state index is 0. The van der Waals surface area contributed by atoms with Crippen LogP contribution in [-0.4, -0.2) is 14.7 Å². The molecule has 0 amide bonds. The third-order valence-corrected chi connectivity index (χ3v) is 4.12. The number of hydrogen-bond donors (Lipinski definition) is 1. The normalized spacial score (nSPS) is 10.9. The van der Waals surface area contributed by atoms with Gasteiger partial charge in [-0.2, -0.15) is 0 Å². The molecule has 0 unspecified atom stereocenters. The van der Waals surface area contributed by atoms with Gasteiger partial charge in [0.2, 0.25) is 0 Å². The molecule has 5 heteroatoms. The van der Waals surface area contributed by atoms with Crippen LogP contribution in [0.25, 0.3) is 11.1 Å². The summed E-state index contributed by atoms with van der Waals surface area (Å²) in [4.78, 5) is 0.336. The van der Waals surface area contributed by atoms with Crippen LogP contribution in [0.15, 0.2) is 47.4 Å². The van der Waals surface area contributed by atoms with Crippen molar-refractivity contribution < 1.29 is 8.42 Å². The lowest BCUT2D eigenvalue weighted by Gasteiger charge is -2.07. The van der Waals surface area contributed by atoms with Gasteiger partial charge in [0.15, 0.2) is 9.84 Å². The summed E-state index contributed by atoms with van der Waals surface area (Å²) < 4.78 is 22.8. The zero-order valence-electron chi connectivity index (χ0n) is 11.5. The third-order valence-electron chi connectivity index (χ3n) is 2.99. The molecule has 0 aliphatic heterocycles. The van der Waals surface area contributed by atoms with E-state index in [1.807, 2.05) is 31.2 Å². The number of halogens is 1. The molecule has 0 saturated carbocycles. The van der Waals surface area contributed by atoms with E-state index in [0.717, 1.165) is 22.3 Å². The minimum Gasteiger partial charge on any atom is -0.326 e. The SMILES string of the molecule is Cc1cc(CN)cc(-c2ccc(S(C)(=O)=O)cc2)c1.Cl. The van der Waals surface area contributed by atoms with Gasteiger partial charge in [-0.3, -0.25) is 0 Å². The molecule has 3 nitrogen and oxygen atoms in total. The average molecular weight is 312 g/mol. The monoisotopic (exact) mass is 311 g/mol. The van der Waals surface area contributed by atoms with Gasteiger partial charge < -0.3 is 5.73 Å². The summed E-state index contributed by atoms with van der Waals surface area (Å²) in [6.07, 6.45) is 1.21. The van der Waals surface area contributed by atoms with Crippen LogP contribution in [0, 0.1) is 6.92 Å². The van der Waals surface area contributed by atoms with Crippen molar-refractivity contribution in [3.63, 3.8) is 0 Å². The second-order valence-corrected chi connectivity index (χ2v) is 6.72. The molecule has 0 aromatic heterocycles. The van der Waals surface area contributed by atoms with Gasteiger partial charge in [0.05, 0.1) is 4.90 Å². The second-order valence-electron chi connectivity index (χ2n) is 4.71. The van der Waals surface area contributed by atoms with Gasteiger partial charge in [-0.05, 0) is 41.8 Å². The maximum absolute atomic E-state index is 11.4. The molecule has 20 heavy (non-hydrogen) atoms. The van der Waals surface area contributed by atoms with E-state index in [0.29, 0.717) is 11.4 Å². The van der Waals surface area contributed by atoms with E-state index in [9.17, 15) is 8.42 Å². The van der Waals surface area contributed by atoms with E-state index >= 15 is 0 Å². The predicted octanol–water partition coefficient (Wildman–Crippen LogP) is 2.95. The Balaban J connectivity index is 0.00000200. The fraction of sp³-hybridized carbons (Fsp3) is 0.200. The van der Waals surface area contributed by atoms with Crippen LogP contribution in [0.3, 0.4) is 0 Å². The first kappa shape index (κ1) is 16.7. The van der Waals surface area contributed by atoms with Crippen LogP contribution in [0.4, 0.5) is 0 Å². The Morgan fingerprint density at radius 1 is 1.00 bits per heavy atom. The highest BCUT2D eigenvalue weighted by Gasteiger charge is 2.07. The Bertz CT molecular complexity index is 694. The maximum atomic E-state index is 11.4. The lowest BCUT2D eigenvalue weighted by molar-refractivity contribution is 0.602. The van der Waals surface area contributed by atoms with Gasteiger partial charge >= 0.3 is 0 Å². The number of benzene rings is 2. The molecule has 0 radical (unpaired) electrons. The largest absolute Gasteiger partial charge is 0.326 e. The number of rotatable bonds is 3. The molecular formula is C15H18ClNO2S. The second kappa shape index (κ2) is 6.39.